The summed E-state index contributed by atoms with van der Waals surface area (Å²) in [7, 11) is 0. The SMILES string of the molecule is C.CC(C)(C)c1cc(-c2ccc(F)cc2)nn2cc(C(=O)N3CCN(C(=O)C4CC(C(=O)O)C4)CC3(C)C)nc12.CC(C)(C)c1cc(-c2ccc(F)cc2)nn2cc(C(=O)N3CCN(C(=O)C4CC(C(=O)O)C4)CC3(C)C)nc12.CC(C)(C)c1cc(-c2ccc(F)cc2)nn2cc(C(=O)N3CC[NH2+]CC3(C)C)nc12.[Cl-]. The molecule has 5 fully saturated rings. The third kappa shape index (κ3) is 17.1. The maximum Gasteiger partial charge on any atom is 0.306 e. The molecule has 4 N–H and O–H groups in total. The molecule has 0 atom stereocenters. The number of hydrogen-bond acceptors (Lipinski definition) is 13. The van der Waals surface area contributed by atoms with Crippen LogP contribution in [0.1, 0.15) is 185 Å². The molecule has 28 heteroatoms. The lowest BCUT2D eigenvalue weighted by atomic mass is 9.74. The Morgan fingerprint density at radius 1 is 0.427 bits per heavy atom. The summed E-state index contributed by atoms with van der Waals surface area (Å²) < 4.78 is 45.3. The van der Waals surface area contributed by atoms with Crippen LogP contribution in [0, 0.1) is 41.1 Å². The first kappa shape index (κ1) is 82.3. The van der Waals surface area contributed by atoms with E-state index in [1.807, 2.05) is 50.8 Å². The van der Waals surface area contributed by atoms with Crippen LogP contribution in [-0.2, 0) is 35.4 Å². The van der Waals surface area contributed by atoms with E-state index in [0.29, 0.717) is 106 Å². The van der Waals surface area contributed by atoms with Gasteiger partial charge in [-0.1, -0.05) is 69.7 Å². The number of imidazole rings is 3. The third-order valence-corrected chi connectivity index (χ3v) is 21.5. The van der Waals surface area contributed by atoms with Crippen molar-refractivity contribution in [2.24, 2.45) is 23.7 Å². The summed E-state index contributed by atoms with van der Waals surface area (Å²) >= 11 is 0. The topological polar surface area (TPSA) is 283 Å². The Hall–Kier alpha value is -10.2. The molecule has 0 unspecified atom stereocenters. The van der Waals surface area contributed by atoms with Gasteiger partial charge in [-0.3, -0.25) is 33.6 Å². The Bertz CT molecular complexity index is 4760. The molecule has 586 valence electrons. The quantitative estimate of drug-likeness (QED) is 0.116. The molecule has 14 rings (SSSR count). The monoisotopic (exact) mass is 1530 g/mol. The van der Waals surface area contributed by atoms with Gasteiger partial charge in [-0.05, 0) is 174 Å². The minimum Gasteiger partial charge on any atom is -1.00 e. The third-order valence-electron chi connectivity index (χ3n) is 21.5. The van der Waals surface area contributed by atoms with Gasteiger partial charge in [-0.15, -0.1) is 0 Å². The number of piperazine rings is 3. The zero-order chi connectivity index (χ0) is 78.2. The standard InChI is InChI=1S/2C29H34FN5O4.C23H28FN5O.CH4.ClH/c2*1-28(2,3)21-14-22(17-6-8-20(30)9-7-17)32-35-15-23(31-24(21)35)26(37)34-11-10-33(16-29(34,4)5)25(36)18-12-19(13-18)27(38)39;1-22(2,3)17-12-18(15-6-8-16(24)9-7-15)27-29-13-19(26-20(17)29)21(30)28-11-10-25-14-23(28,4)5;;/h2*6-9,14-15,18-19H,10-13,16H2,1-5H3,(H,38,39);6-9,12-13,25H,10-11,14H2,1-5H3;1H4;1H. The van der Waals surface area contributed by atoms with E-state index >= 15 is 0 Å². The summed E-state index contributed by atoms with van der Waals surface area (Å²) in [5.41, 5.74) is 7.63. The number of nitrogens with zero attached hydrogens (tertiary/aromatic N) is 14. The Balaban J connectivity index is 0.000000176. The summed E-state index contributed by atoms with van der Waals surface area (Å²) in [5.74, 6) is -4.67. The van der Waals surface area contributed by atoms with E-state index in [-0.39, 0.29) is 112 Å². The second-order valence-electron chi connectivity index (χ2n) is 34.3. The minimum atomic E-state index is -0.851. The van der Waals surface area contributed by atoms with Crippen molar-refractivity contribution >= 4 is 58.4 Å². The Kier molecular flexibility index (Phi) is 23.2. The fourth-order valence-electron chi connectivity index (χ4n) is 15.1. The molecule has 3 aliphatic heterocycles. The van der Waals surface area contributed by atoms with Crippen LogP contribution in [0.2, 0.25) is 0 Å². The average Bonchev–Trinajstić information content (AvgIpc) is 1.60. The number of carboxylic acid groups (broad SMARTS) is 2. The van der Waals surface area contributed by atoms with Crippen molar-refractivity contribution < 1.29 is 74.7 Å². The van der Waals surface area contributed by atoms with Crippen molar-refractivity contribution in [1.29, 1.82) is 0 Å². The second kappa shape index (κ2) is 31.0. The summed E-state index contributed by atoms with van der Waals surface area (Å²) in [4.78, 5) is 112. The number of halogens is 4. The van der Waals surface area contributed by atoms with Gasteiger partial charge in [0.15, 0.2) is 16.9 Å². The highest BCUT2D eigenvalue weighted by atomic mass is 35.5. The molecule has 9 heterocycles. The predicted octanol–water partition coefficient (Wildman–Crippen LogP) is 8.28. The van der Waals surface area contributed by atoms with Crippen molar-refractivity contribution in [2.75, 3.05) is 58.9 Å². The van der Waals surface area contributed by atoms with Crippen LogP contribution < -0.4 is 17.7 Å². The Morgan fingerprint density at radius 3 is 0.964 bits per heavy atom. The lowest BCUT2D eigenvalue weighted by Crippen LogP contribution is -3.00. The number of amides is 5. The molecule has 5 amide bonds. The predicted molar refractivity (Wildman–Crippen MR) is 406 cm³/mol. The molecule has 0 radical (unpaired) electrons. The zero-order valence-corrected chi connectivity index (χ0v) is 65.3. The summed E-state index contributed by atoms with van der Waals surface area (Å²) in [6.45, 7) is 35.2. The number of fused-ring (bicyclic) bond motifs is 3. The lowest BCUT2D eigenvalue weighted by molar-refractivity contribution is -0.673. The number of nitrogens with two attached hydrogens (primary N) is 1. The van der Waals surface area contributed by atoms with Crippen molar-refractivity contribution in [3.8, 4) is 33.8 Å². The molecule has 2 saturated carbocycles. The second-order valence-corrected chi connectivity index (χ2v) is 34.3. The van der Waals surface area contributed by atoms with E-state index in [9.17, 15) is 46.7 Å². The van der Waals surface area contributed by atoms with E-state index in [0.717, 1.165) is 52.2 Å². The first-order valence-electron chi connectivity index (χ1n) is 36.9. The van der Waals surface area contributed by atoms with Crippen LogP contribution in [0.4, 0.5) is 13.2 Å². The number of aliphatic carboxylic acids is 2. The molecule has 24 nitrogen and oxygen atoms in total. The first-order valence-corrected chi connectivity index (χ1v) is 36.9. The molecular formula is C82H101ClF3N15O9. The highest BCUT2D eigenvalue weighted by Gasteiger charge is 2.48. The molecule has 0 spiro atoms. The molecule has 3 aromatic carbocycles. The largest absolute Gasteiger partial charge is 1.00 e. The van der Waals surface area contributed by atoms with Crippen molar-refractivity contribution in [3.63, 3.8) is 0 Å². The molecule has 0 bridgehead atoms. The van der Waals surface area contributed by atoms with Gasteiger partial charge in [0.05, 0.1) is 83.8 Å². The molecular weight excluding hydrogens is 1430 g/mol. The van der Waals surface area contributed by atoms with E-state index in [4.69, 9.17) is 25.2 Å². The van der Waals surface area contributed by atoms with Crippen molar-refractivity contribution in [2.45, 2.75) is 170 Å². The van der Waals surface area contributed by atoms with E-state index in [1.165, 1.54) is 36.4 Å². The molecule has 3 saturated heterocycles. The van der Waals surface area contributed by atoms with Gasteiger partial charge in [0, 0.05) is 84.5 Å². The van der Waals surface area contributed by atoms with Gasteiger partial charge >= 0.3 is 11.9 Å². The molecule has 9 aromatic rings. The Morgan fingerprint density at radius 2 is 0.709 bits per heavy atom. The average molecular weight is 1530 g/mol. The highest BCUT2D eigenvalue weighted by molar-refractivity contribution is 5.96. The van der Waals surface area contributed by atoms with Crippen LogP contribution in [0.25, 0.3) is 50.7 Å². The number of hydrogen-bond donors (Lipinski definition) is 3. The zero-order valence-electron chi connectivity index (χ0n) is 64.5. The number of benzene rings is 3. The highest BCUT2D eigenvalue weighted by Crippen LogP contribution is 2.40. The smallest absolute Gasteiger partial charge is 0.306 e. The lowest BCUT2D eigenvalue weighted by Gasteiger charge is -2.48. The molecule has 110 heavy (non-hydrogen) atoms. The van der Waals surface area contributed by atoms with E-state index in [2.05, 4.69) is 96.8 Å². The summed E-state index contributed by atoms with van der Waals surface area (Å²) in [6, 6.07) is 24.4. The maximum atomic E-state index is 13.7. The first-order chi connectivity index (χ1) is 50.5. The van der Waals surface area contributed by atoms with Crippen molar-refractivity contribution in [1.82, 2.24) is 68.3 Å². The summed E-state index contributed by atoms with van der Waals surface area (Å²) in [6.07, 6.45) is 6.47. The van der Waals surface area contributed by atoms with Gasteiger partial charge in [0.2, 0.25) is 11.8 Å². The fourth-order valence-corrected chi connectivity index (χ4v) is 15.1. The van der Waals surface area contributed by atoms with Gasteiger partial charge in [-0.25, -0.2) is 41.7 Å². The number of quaternary nitrogens is 1. The maximum absolute atomic E-state index is 13.7. The van der Waals surface area contributed by atoms with Crippen LogP contribution in [0.5, 0.6) is 0 Å². The van der Waals surface area contributed by atoms with Crippen LogP contribution in [0.15, 0.2) is 110 Å². The molecule has 6 aromatic heterocycles. The fraction of sp³-hybridized carbons (Fsp3) is 0.476. The van der Waals surface area contributed by atoms with Gasteiger partial charge in [0.25, 0.3) is 17.7 Å². The van der Waals surface area contributed by atoms with Crippen LogP contribution >= 0.6 is 0 Å². The van der Waals surface area contributed by atoms with Crippen LogP contribution in [0.3, 0.4) is 0 Å². The summed E-state index contributed by atoms with van der Waals surface area (Å²) in [5, 5.41) is 34.6. The number of carbonyl (C=O) groups excluding carboxylic acids is 5. The van der Waals surface area contributed by atoms with Gasteiger partial charge in [0.1, 0.15) is 34.5 Å². The number of aromatic nitrogens is 9. The van der Waals surface area contributed by atoms with E-state index in [1.54, 1.807) is 88.1 Å². The van der Waals surface area contributed by atoms with Crippen LogP contribution in [-0.4, -0.2) is 196 Å². The molecule has 5 aliphatic rings. The number of rotatable bonds is 10. The minimum absolute atomic E-state index is 0. The number of carboxylic acids is 2. The van der Waals surface area contributed by atoms with Crippen molar-refractivity contribution in [3.05, 3.63) is 161 Å². The number of carbonyl (C=O) groups is 7. The Labute approximate surface area is 645 Å². The normalized spacial score (nSPS) is 19.5. The van der Waals surface area contributed by atoms with Gasteiger partial charge < -0.3 is 52.4 Å². The van der Waals surface area contributed by atoms with E-state index < -0.39 is 34.9 Å². The molecule has 2 aliphatic carbocycles. The van der Waals surface area contributed by atoms with Gasteiger partial charge in [-0.2, -0.15) is 15.3 Å².